The lowest BCUT2D eigenvalue weighted by Crippen LogP contribution is -2.26. The van der Waals surface area contributed by atoms with Gasteiger partial charge in [0.15, 0.2) is 0 Å². The van der Waals surface area contributed by atoms with Gasteiger partial charge in [-0.15, -0.1) is 0 Å². The van der Waals surface area contributed by atoms with Gasteiger partial charge in [0.1, 0.15) is 12.3 Å². The molecule has 0 aliphatic carbocycles. The van der Waals surface area contributed by atoms with Crippen molar-refractivity contribution < 1.29 is 14.3 Å². The average molecular weight is 250 g/mol. The molecule has 2 heterocycles. The van der Waals surface area contributed by atoms with Crippen molar-refractivity contribution >= 4 is 5.97 Å². The number of hydrogen-bond acceptors (Lipinski definition) is 5. The van der Waals surface area contributed by atoms with Crippen LogP contribution in [0.3, 0.4) is 0 Å². The molecule has 0 amide bonds. The number of esters is 1. The second-order valence-electron chi connectivity index (χ2n) is 4.34. The second kappa shape index (κ2) is 6.47. The topological polar surface area (TPSA) is 74.4 Å². The van der Waals surface area contributed by atoms with Crippen LogP contribution >= 0.6 is 0 Å². The van der Waals surface area contributed by atoms with Gasteiger partial charge in [-0.1, -0.05) is 6.07 Å². The number of carbonyl (C=O) groups excluding carboxylic acids is 1. The number of pyridine rings is 1. The summed E-state index contributed by atoms with van der Waals surface area (Å²) >= 11 is 0. The molecule has 1 saturated heterocycles. The summed E-state index contributed by atoms with van der Waals surface area (Å²) in [4.78, 5) is 15.7. The second-order valence-corrected chi connectivity index (χ2v) is 4.34. The van der Waals surface area contributed by atoms with Gasteiger partial charge < -0.3 is 15.2 Å². The Labute approximate surface area is 106 Å². The number of nitrogens with zero attached hydrogens (tertiary/aromatic N) is 1. The molecule has 1 aliphatic rings. The van der Waals surface area contributed by atoms with Crippen molar-refractivity contribution in [1.82, 2.24) is 4.98 Å². The highest BCUT2D eigenvalue weighted by Gasteiger charge is 2.17. The summed E-state index contributed by atoms with van der Waals surface area (Å²) in [7, 11) is 0. The molecule has 18 heavy (non-hydrogen) atoms. The molecule has 1 fully saturated rings. The van der Waals surface area contributed by atoms with Crippen LogP contribution < -0.4 is 5.73 Å². The summed E-state index contributed by atoms with van der Waals surface area (Å²) in [5.74, 6) is -0.409. The molecule has 1 unspecified atom stereocenters. The third-order valence-corrected chi connectivity index (χ3v) is 2.94. The molecular weight excluding hydrogens is 232 g/mol. The summed E-state index contributed by atoms with van der Waals surface area (Å²) in [6, 6.07) is 3.41. The number of hydrogen-bond donors (Lipinski definition) is 1. The number of rotatable bonds is 4. The van der Waals surface area contributed by atoms with Crippen molar-refractivity contribution in [3.8, 4) is 0 Å². The molecule has 5 nitrogen and oxygen atoms in total. The fourth-order valence-corrected chi connectivity index (χ4v) is 1.85. The lowest BCUT2D eigenvalue weighted by molar-refractivity contribution is -0.0302. The minimum atomic E-state index is -0.409. The van der Waals surface area contributed by atoms with Crippen LogP contribution in [0.15, 0.2) is 18.3 Å². The predicted molar refractivity (Wildman–Crippen MR) is 66.0 cm³/mol. The average Bonchev–Trinajstić information content (AvgIpc) is 2.46. The summed E-state index contributed by atoms with van der Waals surface area (Å²) < 4.78 is 10.7. The molecule has 1 aromatic heterocycles. The Morgan fingerprint density at radius 3 is 3.00 bits per heavy atom. The largest absolute Gasteiger partial charge is 0.458 e. The minimum absolute atomic E-state index is 0.0333. The van der Waals surface area contributed by atoms with E-state index in [0.717, 1.165) is 31.4 Å². The zero-order chi connectivity index (χ0) is 12.8. The van der Waals surface area contributed by atoms with E-state index in [9.17, 15) is 4.79 Å². The fraction of sp³-hybridized carbons (Fsp3) is 0.538. The van der Waals surface area contributed by atoms with Gasteiger partial charge >= 0.3 is 5.97 Å². The molecule has 2 N–H and O–H groups in total. The molecule has 1 aromatic rings. The van der Waals surface area contributed by atoms with Crippen LogP contribution in [0.25, 0.3) is 0 Å². The van der Waals surface area contributed by atoms with Gasteiger partial charge in [0.05, 0.1) is 6.10 Å². The summed E-state index contributed by atoms with van der Waals surface area (Å²) in [5, 5.41) is 0. The van der Waals surface area contributed by atoms with Crippen molar-refractivity contribution in [3.05, 3.63) is 29.6 Å². The predicted octanol–water partition coefficient (Wildman–Crippen LogP) is 1.27. The molecule has 0 radical (unpaired) electrons. The maximum Gasteiger partial charge on any atom is 0.357 e. The first-order valence-corrected chi connectivity index (χ1v) is 6.23. The van der Waals surface area contributed by atoms with E-state index >= 15 is 0 Å². The van der Waals surface area contributed by atoms with Crippen LogP contribution in [-0.4, -0.2) is 30.3 Å². The number of carbonyl (C=O) groups is 1. The molecule has 0 aromatic carbocycles. The number of nitrogens with two attached hydrogens (primary N) is 1. The Hall–Kier alpha value is -1.46. The van der Waals surface area contributed by atoms with Crippen LogP contribution in [-0.2, 0) is 16.0 Å². The van der Waals surface area contributed by atoms with Crippen LogP contribution in [0.1, 0.15) is 35.3 Å². The molecule has 5 heteroatoms. The monoisotopic (exact) mass is 250 g/mol. The van der Waals surface area contributed by atoms with E-state index in [1.165, 1.54) is 0 Å². The fourth-order valence-electron chi connectivity index (χ4n) is 1.85. The zero-order valence-electron chi connectivity index (χ0n) is 10.3. The molecular formula is C13H18N2O3. The third-order valence-electron chi connectivity index (χ3n) is 2.94. The van der Waals surface area contributed by atoms with E-state index in [4.69, 9.17) is 15.2 Å². The van der Waals surface area contributed by atoms with Gasteiger partial charge in [-0.2, -0.15) is 0 Å². The first-order chi connectivity index (χ1) is 8.79. The Balaban J connectivity index is 1.82. The Morgan fingerprint density at radius 2 is 2.39 bits per heavy atom. The molecule has 98 valence electrons. The standard InChI is InChI=1S/C13H18N2O3/c14-7-10-4-5-12(15-8-10)13(16)18-9-11-3-1-2-6-17-11/h4-5,8,11H,1-3,6-7,9,14H2. The van der Waals surface area contributed by atoms with Gasteiger partial charge in [-0.25, -0.2) is 9.78 Å². The van der Waals surface area contributed by atoms with Crippen molar-refractivity contribution in [2.45, 2.75) is 31.9 Å². The van der Waals surface area contributed by atoms with E-state index in [2.05, 4.69) is 4.98 Å². The lowest BCUT2D eigenvalue weighted by atomic mass is 10.1. The van der Waals surface area contributed by atoms with E-state index in [1.807, 2.05) is 0 Å². The molecule has 0 saturated carbocycles. The minimum Gasteiger partial charge on any atom is -0.458 e. The highest BCUT2D eigenvalue weighted by molar-refractivity contribution is 5.87. The first kappa shape index (κ1) is 13.0. The van der Waals surface area contributed by atoms with Crippen molar-refractivity contribution in [2.75, 3.05) is 13.2 Å². The van der Waals surface area contributed by atoms with E-state index in [1.54, 1.807) is 18.3 Å². The lowest BCUT2D eigenvalue weighted by Gasteiger charge is -2.21. The highest BCUT2D eigenvalue weighted by Crippen LogP contribution is 2.13. The molecule has 1 aliphatic heterocycles. The first-order valence-electron chi connectivity index (χ1n) is 6.23. The van der Waals surface area contributed by atoms with Crippen LogP contribution in [0.5, 0.6) is 0 Å². The SMILES string of the molecule is NCc1ccc(C(=O)OCC2CCCCO2)nc1. The van der Waals surface area contributed by atoms with Crippen LogP contribution in [0.2, 0.25) is 0 Å². The molecule has 0 bridgehead atoms. The van der Waals surface area contributed by atoms with E-state index in [0.29, 0.717) is 18.8 Å². The zero-order valence-corrected chi connectivity index (χ0v) is 10.3. The third kappa shape index (κ3) is 3.51. The van der Waals surface area contributed by atoms with Gasteiger partial charge in [-0.3, -0.25) is 0 Å². The van der Waals surface area contributed by atoms with Crippen LogP contribution in [0.4, 0.5) is 0 Å². The summed E-state index contributed by atoms with van der Waals surface area (Å²) in [6.07, 6.45) is 4.80. The van der Waals surface area contributed by atoms with Gasteiger partial charge in [-0.05, 0) is 30.9 Å². The Bertz CT molecular complexity index is 386. The Morgan fingerprint density at radius 1 is 1.50 bits per heavy atom. The van der Waals surface area contributed by atoms with Crippen molar-refractivity contribution in [3.63, 3.8) is 0 Å². The molecule has 0 spiro atoms. The van der Waals surface area contributed by atoms with Crippen molar-refractivity contribution in [2.24, 2.45) is 5.73 Å². The van der Waals surface area contributed by atoms with Crippen LogP contribution in [0, 0.1) is 0 Å². The van der Waals surface area contributed by atoms with Crippen molar-refractivity contribution in [1.29, 1.82) is 0 Å². The normalized spacial score (nSPS) is 19.5. The van der Waals surface area contributed by atoms with E-state index < -0.39 is 5.97 Å². The van der Waals surface area contributed by atoms with Gasteiger partial charge in [0, 0.05) is 19.3 Å². The molecule has 2 rings (SSSR count). The van der Waals surface area contributed by atoms with Gasteiger partial charge in [0.2, 0.25) is 0 Å². The smallest absolute Gasteiger partial charge is 0.357 e. The highest BCUT2D eigenvalue weighted by atomic mass is 16.6. The number of ether oxygens (including phenoxy) is 2. The summed E-state index contributed by atoms with van der Waals surface area (Å²) in [5.41, 5.74) is 6.66. The molecule has 1 atom stereocenters. The number of aromatic nitrogens is 1. The Kier molecular flexibility index (Phi) is 4.66. The van der Waals surface area contributed by atoms with E-state index in [-0.39, 0.29) is 6.10 Å². The van der Waals surface area contributed by atoms with Gasteiger partial charge in [0.25, 0.3) is 0 Å². The maximum absolute atomic E-state index is 11.7. The summed E-state index contributed by atoms with van der Waals surface area (Å²) in [6.45, 7) is 1.48. The maximum atomic E-state index is 11.7. The quantitative estimate of drug-likeness (QED) is 0.814.